The Balaban J connectivity index is 1.67. The van der Waals surface area contributed by atoms with Crippen LogP contribution in [0.25, 0.3) is 5.82 Å². The van der Waals surface area contributed by atoms with Gasteiger partial charge in [0.2, 0.25) is 5.91 Å². The smallest absolute Gasteiger partial charge is 0.225 e. The highest BCUT2D eigenvalue weighted by molar-refractivity contribution is 5.81. The molecule has 0 aromatic carbocycles. The molecule has 1 aliphatic heterocycles. The van der Waals surface area contributed by atoms with Crippen molar-refractivity contribution >= 4 is 11.7 Å². The van der Waals surface area contributed by atoms with Crippen LogP contribution in [0.2, 0.25) is 0 Å². The van der Waals surface area contributed by atoms with Crippen molar-refractivity contribution in [2.75, 3.05) is 25.1 Å². The second-order valence-electron chi connectivity index (χ2n) is 5.79. The standard InChI is InChI=1S/C15H20N6O2/c1-11-4-7-21(20-11)13-3-2-12(18-19-13)17-10-15(14(16)22)5-8-23-9-6-15/h2-4,7H,5-6,8-10H2,1H3,(H2,16,22)(H,17,18). The summed E-state index contributed by atoms with van der Waals surface area (Å²) >= 11 is 0. The van der Waals surface area contributed by atoms with Crippen molar-refractivity contribution < 1.29 is 9.53 Å². The lowest BCUT2D eigenvalue weighted by Gasteiger charge is -2.34. The van der Waals surface area contributed by atoms with Crippen LogP contribution in [0.4, 0.5) is 5.82 Å². The Morgan fingerprint density at radius 2 is 2.13 bits per heavy atom. The van der Waals surface area contributed by atoms with Crippen LogP contribution < -0.4 is 11.1 Å². The number of anilines is 1. The summed E-state index contributed by atoms with van der Waals surface area (Å²) in [6.07, 6.45) is 3.07. The molecule has 8 nitrogen and oxygen atoms in total. The fourth-order valence-electron chi connectivity index (χ4n) is 2.62. The summed E-state index contributed by atoms with van der Waals surface area (Å²) in [6.45, 7) is 3.44. The van der Waals surface area contributed by atoms with Crippen LogP contribution in [-0.2, 0) is 9.53 Å². The third-order valence-electron chi connectivity index (χ3n) is 4.19. The minimum absolute atomic E-state index is 0.301. The molecule has 23 heavy (non-hydrogen) atoms. The average molecular weight is 316 g/mol. The molecule has 0 unspecified atom stereocenters. The summed E-state index contributed by atoms with van der Waals surface area (Å²) in [6, 6.07) is 5.53. The number of rotatable bonds is 5. The largest absolute Gasteiger partial charge is 0.381 e. The number of primary amides is 1. The van der Waals surface area contributed by atoms with Crippen LogP contribution in [0.15, 0.2) is 24.4 Å². The van der Waals surface area contributed by atoms with Gasteiger partial charge in [-0.1, -0.05) is 0 Å². The first-order chi connectivity index (χ1) is 11.1. The van der Waals surface area contributed by atoms with Gasteiger partial charge in [0.15, 0.2) is 5.82 Å². The molecule has 1 aliphatic rings. The van der Waals surface area contributed by atoms with Crippen molar-refractivity contribution in [3.63, 3.8) is 0 Å². The van der Waals surface area contributed by atoms with Crippen molar-refractivity contribution in [1.29, 1.82) is 0 Å². The Morgan fingerprint density at radius 3 is 2.70 bits per heavy atom. The Kier molecular flexibility index (Phi) is 4.24. The van der Waals surface area contributed by atoms with Gasteiger partial charge in [0.1, 0.15) is 5.82 Å². The van der Waals surface area contributed by atoms with Gasteiger partial charge in [-0.2, -0.15) is 5.10 Å². The van der Waals surface area contributed by atoms with E-state index in [1.165, 1.54) is 0 Å². The van der Waals surface area contributed by atoms with E-state index in [0.29, 0.717) is 44.2 Å². The first-order valence-electron chi connectivity index (χ1n) is 7.57. The highest BCUT2D eigenvalue weighted by Crippen LogP contribution is 2.30. The molecule has 2 aromatic rings. The zero-order valence-corrected chi connectivity index (χ0v) is 13.0. The van der Waals surface area contributed by atoms with Crippen molar-refractivity contribution in [2.45, 2.75) is 19.8 Å². The number of amides is 1. The van der Waals surface area contributed by atoms with E-state index < -0.39 is 5.41 Å². The number of carbonyl (C=O) groups is 1. The quantitative estimate of drug-likeness (QED) is 0.839. The molecular weight excluding hydrogens is 296 g/mol. The molecule has 0 radical (unpaired) electrons. The zero-order valence-electron chi connectivity index (χ0n) is 13.0. The lowest BCUT2D eigenvalue weighted by molar-refractivity contribution is -0.132. The van der Waals surface area contributed by atoms with Gasteiger partial charge in [0.25, 0.3) is 0 Å². The molecule has 8 heteroatoms. The molecule has 1 saturated heterocycles. The molecule has 0 spiro atoms. The van der Waals surface area contributed by atoms with Crippen LogP contribution in [0.5, 0.6) is 0 Å². The molecule has 1 fully saturated rings. The molecule has 2 aromatic heterocycles. The zero-order chi connectivity index (χ0) is 16.3. The van der Waals surface area contributed by atoms with Crippen LogP contribution in [0, 0.1) is 12.3 Å². The number of hydrogen-bond donors (Lipinski definition) is 2. The van der Waals surface area contributed by atoms with Gasteiger partial charge >= 0.3 is 0 Å². The van der Waals surface area contributed by atoms with Gasteiger partial charge in [-0.05, 0) is 38.0 Å². The highest BCUT2D eigenvalue weighted by Gasteiger charge is 2.38. The molecule has 3 heterocycles. The predicted molar refractivity (Wildman–Crippen MR) is 84.1 cm³/mol. The van der Waals surface area contributed by atoms with Crippen LogP contribution in [-0.4, -0.2) is 45.6 Å². The SMILES string of the molecule is Cc1ccn(-c2ccc(NCC3(C(N)=O)CCOCC3)nn2)n1. The van der Waals surface area contributed by atoms with Gasteiger partial charge in [0, 0.05) is 26.0 Å². The maximum absolute atomic E-state index is 11.8. The number of aryl methyl sites for hydroxylation is 1. The third-order valence-corrected chi connectivity index (χ3v) is 4.19. The van der Waals surface area contributed by atoms with Crippen molar-refractivity contribution in [3.8, 4) is 5.82 Å². The van der Waals surface area contributed by atoms with Gasteiger partial charge in [-0.3, -0.25) is 4.79 Å². The highest BCUT2D eigenvalue weighted by atomic mass is 16.5. The summed E-state index contributed by atoms with van der Waals surface area (Å²) in [7, 11) is 0. The van der Waals surface area contributed by atoms with E-state index in [1.807, 2.05) is 31.3 Å². The van der Waals surface area contributed by atoms with E-state index in [2.05, 4.69) is 20.6 Å². The summed E-state index contributed by atoms with van der Waals surface area (Å²) < 4.78 is 6.98. The number of nitrogens with two attached hydrogens (primary N) is 1. The first kappa shape index (κ1) is 15.4. The summed E-state index contributed by atoms with van der Waals surface area (Å²) in [5.41, 5.74) is 5.91. The fourth-order valence-corrected chi connectivity index (χ4v) is 2.62. The van der Waals surface area contributed by atoms with Crippen LogP contribution in [0.1, 0.15) is 18.5 Å². The van der Waals surface area contributed by atoms with E-state index in [0.717, 1.165) is 5.69 Å². The maximum atomic E-state index is 11.8. The fraction of sp³-hybridized carbons (Fsp3) is 0.467. The lowest BCUT2D eigenvalue weighted by atomic mass is 9.79. The van der Waals surface area contributed by atoms with E-state index in [9.17, 15) is 4.79 Å². The van der Waals surface area contributed by atoms with Crippen LogP contribution in [0.3, 0.4) is 0 Å². The molecule has 0 bridgehead atoms. The topological polar surface area (TPSA) is 108 Å². The number of nitrogens with zero attached hydrogens (tertiary/aromatic N) is 4. The predicted octanol–water partition coefficient (Wildman–Crippen LogP) is 0.665. The van der Waals surface area contributed by atoms with Gasteiger partial charge < -0.3 is 15.8 Å². The number of ether oxygens (including phenoxy) is 1. The number of aromatic nitrogens is 4. The Hall–Kier alpha value is -2.48. The second kappa shape index (κ2) is 6.33. The van der Waals surface area contributed by atoms with E-state index in [-0.39, 0.29) is 5.91 Å². The maximum Gasteiger partial charge on any atom is 0.225 e. The van der Waals surface area contributed by atoms with Gasteiger partial charge in [0.05, 0.1) is 11.1 Å². The molecule has 3 rings (SSSR count). The third kappa shape index (κ3) is 3.31. The van der Waals surface area contributed by atoms with E-state index in [1.54, 1.807) is 4.68 Å². The number of carbonyl (C=O) groups excluding carboxylic acids is 1. The van der Waals surface area contributed by atoms with Crippen LogP contribution >= 0.6 is 0 Å². The average Bonchev–Trinajstić information content (AvgIpc) is 3.01. The molecule has 1 amide bonds. The van der Waals surface area contributed by atoms with Crippen molar-refractivity contribution in [3.05, 3.63) is 30.1 Å². The van der Waals surface area contributed by atoms with E-state index >= 15 is 0 Å². The normalized spacial score (nSPS) is 16.9. The number of nitrogens with one attached hydrogen (secondary N) is 1. The van der Waals surface area contributed by atoms with Gasteiger partial charge in [-0.15, -0.1) is 10.2 Å². The summed E-state index contributed by atoms with van der Waals surface area (Å²) in [5, 5.41) is 15.7. The van der Waals surface area contributed by atoms with Crippen molar-refractivity contribution in [1.82, 2.24) is 20.0 Å². The first-order valence-corrected chi connectivity index (χ1v) is 7.57. The minimum atomic E-state index is -0.586. The molecule has 0 atom stereocenters. The second-order valence-corrected chi connectivity index (χ2v) is 5.79. The molecule has 122 valence electrons. The Morgan fingerprint density at radius 1 is 1.35 bits per heavy atom. The molecule has 3 N–H and O–H groups in total. The summed E-state index contributed by atoms with van der Waals surface area (Å²) in [4.78, 5) is 11.8. The monoisotopic (exact) mass is 316 g/mol. The Bertz CT molecular complexity index is 676. The molecule has 0 aliphatic carbocycles. The van der Waals surface area contributed by atoms with E-state index in [4.69, 9.17) is 10.5 Å². The molecular formula is C15H20N6O2. The lowest BCUT2D eigenvalue weighted by Crippen LogP contribution is -2.46. The Labute approximate surface area is 134 Å². The van der Waals surface area contributed by atoms with Crippen molar-refractivity contribution in [2.24, 2.45) is 11.1 Å². The number of hydrogen-bond acceptors (Lipinski definition) is 6. The molecule has 0 saturated carbocycles. The minimum Gasteiger partial charge on any atom is -0.381 e. The van der Waals surface area contributed by atoms with Gasteiger partial charge in [-0.25, -0.2) is 4.68 Å². The summed E-state index contributed by atoms with van der Waals surface area (Å²) in [5.74, 6) is 0.939.